The van der Waals surface area contributed by atoms with Gasteiger partial charge in [0.25, 0.3) is 0 Å². The van der Waals surface area contributed by atoms with Crippen LogP contribution in [0.4, 0.5) is 13.2 Å². The van der Waals surface area contributed by atoms with Gasteiger partial charge in [0.1, 0.15) is 11.3 Å². The van der Waals surface area contributed by atoms with Crippen molar-refractivity contribution in [2.24, 2.45) is 5.92 Å². The second-order valence-corrected chi connectivity index (χ2v) is 7.13. The Hall–Kier alpha value is -1.75. The third-order valence-corrected chi connectivity index (χ3v) is 5.39. The molecule has 0 heterocycles. The van der Waals surface area contributed by atoms with Gasteiger partial charge in [-0.05, 0) is 60.4 Å². The van der Waals surface area contributed by atoms with Gasteiger partial charge in [-0.15, -0.1) is 0 Å². The van der Waals surface area contributed by atoms with Crippen LogP contribution in [0.15, 0.2) is 30.3 Å². The summed E-state index contributed by atoms with van der Waals surface area (Å²) in [5, 5.41) is 9.71. The number of ether oxygens (including phenoxy) is 1. The Bertz CT molecular complexity index is 747. The van der Waals surface area contributed by atoms with Crippen molar-refractivity contribution in [3.63, 3.8) is 0 Å². The number of benzene rings is 2. The minimum Gasteiger partial charge on any atom is -0.490 e. The molecular weight excluding hydrogens is 341 g/mol. The molecule has 26 heavy (non-hydrogen) atoms. The van der Waals surface area contributed by atoms with Crippen molar-refractivity contribution in [1.82, 2.24) is 0 Å². The Morgan fingerprint density at radius 3 is 2.42 bits per heavy atom. The molecule has 0 amide bonds. The molecule has 2 nitrogen and oxygen atoms in total. The Labute approximate surface area is 152 Å². The van der Waals surface area contributed by atoms with E-state index in [1.807, 2.05) is 0 Å². The van der Waals surface area contributed by atoms with Gasteiger partial charge in [-0.2, -0.15) is 13.2 Å². The molecule has 0 unspecified atom stereocenters. The van der Waals surface area contributed by atoms with Gasteiger partial charge in [0.05, 0.1) is 6.10 Å². The normalized spacial score (nSPS) is 21.1. The van der Waals surface area contributed by atoms with E-state index in [2.05, 4.69) is 6.92 Å². The molecule has 5 heteroatoms. The maximum Gasteiger partial charge on any atom is 0.420 e. The number of rotatable bonds is 5. The van der Waals surface area contributed by atoms with Crippen LogP contribution in [0.2, 0.25) is 0 Å². The second kappa shape index (κ2) is 7.87. The highest BCUT2D eigenvalue weighted by atomic mass is 19.4. The number of hydrogen-bond donors (Lipinski definition) is 1. The molecule has 0 bridgehead atoms. The number of halogens is 3. The summed E-state index contributed by atoms with van der Waals surface area (Å²) in [6.07, 6.45) is 0.565. The zero-order chi connectivity index (χ0) is 18.7. The largest absolute Gasteiger partial charge is 0.490 e. The minimum absolute atomic E-state index is 0.0285. The van der Waals surface area contributed by atoms with Crippen LogP contribution >= 0.6 is 0 Å². The summed E-state index contributed by atoms with van der Waals surface area (Å²) < 4.78 is 47.2. The van der Waals surface area contributed by atoms with Crippen molar-refractivity contribution in [2.45, 2.75) is 57.7 Å². The summed E-state index contributed by atoms with van der Waals surface area (Å²) in [5.41, 5.74) is 0.128. The highest BCUT2D eigenvalue weighted by molar-refractivity contribution is 5.89. The molecule has 1 aliphatic carbocycles. The summed E-state index contributed by atoms with van der Waals surface area (Å²) in [5.74, 6) is 0.596. The molecule has 2 aromatic carbocycles. The average Bonchev–Trinajstić information content (AvgIpc) is 2.61. The van der Waals surface area contributed by atoms with E-state index in [0.717, 1.165) is 37.7 Å². The molecule has 1 aliphatic rings. The monoisotopic (exact) mass is 366 g/mol. The molecule has 0 aromatic heterocycles. The second-order valence-electron chi connectivity index (χ2n) is 7.13. The number of aliphatic hydroxyl groups is 1. The van der Waals surface area contributed by atoms with Gasteiger partial charge in [0.2, 0.25) is 0 Å². The van der Waals surface area contributed by atoms with Crippen molar-refractivity contribution in [3.8, 4) is 5.75 Å². The van der Waals surface area contributed by atoms with Gasteiger partial charge < -0.3 is 9.84 Å². The number of aliphatic hydroxyl groups excluding tert-OH is 1. The fourth-order valence-corrected chi connectivity index (χ4v) is 3.87. The maximum atomic E-state index is 13.8. The lowest BCUT2D eigenvalue weighted by Gasteiger charge is -2.29. The van der Waals surface area contributed by atoms with Crippen molar-refractivity contribution in [2.75, 3.05) is 6.61 Å². The average molecular weight is 366 g/mol. The first-order valence-corrected chi connectivity index (χ1v) is 9.32. The van der Waals surface area contributed by atoms with E-state index in [4.69, 9.17) is 9.84 Å². The zero-order valence-corrected chi connectivity index (χ0v) is 15.0. The van der Waals surface area contributed by atoms with E-state index in [1.165, 1.54) is 12.1 Å². The van der Waals surface area contributed by atoms with Crippen molar-refractivity contribution in [1.29, 1.82) is 0 Å². The lowest BCUT2D eigenvalue weighted by atomic mass is 9.86. The van der Waals surface area contributed by atoms with Crippen LogP contribution in [0, 0.1) is 5.92 Å². The minimum atomic E-state index is -4.48. The van der Waals surface area contributed by atoms with Crippen LogP contribution in [-0.4, -0.2) is 17.8 Å². The smallest absolute Gasteiger partial charge is 0.420 e. The predicted molar refractivity (Wildman–Crippen MR) is 96.4 cm³/mol. The molecule has 0 spiro atoms. The van der Waals surface area contributed by atoms with E-state index < -0.39 is 11.7 Å². The first-order chi connectivity index (χ1) is 12.4. The molecule has 0 aliphatic heterocycles. The molecule has 0 atom stereocenters. The highest BCUT2D eigenvalue weighted by Crippen LogP contribution is 2.42. The van der Waals surface area contributed by atoms with E-state index in [9.17, 15) is 13.2 Å². The van der Waals surface area contributed by atoms with Crippen LogP contribution in [0.3, 0.4) is 0 Å². The van der Waals surface area contributed by atoms with Crippen molar-refractivity contribution in [3.05, 3.63) is 41.5 Å². The van der Waals surface area contributed by atoms with Crippen LogP contribution in [0.25, 0.3) is 10.8 Å². The molecule has 3 rings (SSSR count). The fourth-order valence-electron chi connectivity index (χ4n) is 3.87. The fraction of sp³-hybridized carbons (Fsp3) is 0.524. The molecule has 1 fully saturated rings. The number of hydrogen-bond acceptors (Lipinski definition) is 2. The Kier molecular flexibility index (Phi) is 5.76. The number of fused-ring (bicyclic) bond motifs is 1. The molecule has 2 aromatic rings. The SMILES string of the molecule is CC[C@H]1CC[C@@H](Oc2ccc3cc(CCO)ccc3c2C(F)(F)F)CC1. The molecule has 1 saturated carbocycles. The van der Waals surface area contributed by atoms with E-state index in [1.54, 1.807) is 18.2 Å². The van der Waals surface area contributed by atoms with E-state index in [0.29, 0.717) is 17.7 Å². The Morgan fingerprint density at radius 1 is 1.08 bits per heavy atom. The van der Waals surface area contributed by atoms with Crippen LogP contribution in [0.5, 0.6) is 5.75 Å². The van der Waals surface area contributed by atoms with Crippen LogP contribution < -0.4 is 4.74 Å². The van der Waals surface area contributed by atoms with Gasteiger partial charge in [0, 0.05) is 6.61 Å². The molecule has 1 N–H and O–H groups in total. The van der Waals surface area contributed by atoms with Crippen molar-refractivity contribution < 1.29 is 23.0 Å². The van der Waals surface area contributed by atoms with Gasteiger partial charge in [-0.1, -0.05) is 37.6 Å². The van der Waals surface area contributed by atoms with Crippen LogP contribution in [0.1, 0.15) is 50.2 Å². The first-order valence-electron chi connectivity index (χ1n) is 9.32. The van der Waals surface area contributed by atoms with Gasteiger partial charge in [-0.3, -0.25) is 0 Å². The first kappa shape index (κ1) is 19.0. The quantitative estimate of drug-likeness (QED) is 0.731. The number of alkyl halides is 3. The Balaban J connectivity index is 1.93. The maximum absolute atomic E-state index is 13.8. The zero-order valence-electron chi connectivity index (χ0n) is 15.0. The lowest BCUT2D eigenvalue weighted by molar-refractivity contribution is -0.138. The molecule has 142 valence electrons. The van der Waals surface area contributed by atoms with E-state index in [-0.39, 0.29) is 23.8 Å². The third-order valence-electron chi connectivity index (χ3n) is 5.39. The Morgan fingerprint density at radius 2 is 1.81 bits per heavy atom. The predicted octanol–water partition coefficient (Wildman–Crippen LogP) is 5.74. The summed E-state index contributed by atoms with van der Waals surface area (Å²) in [7, 11) is 0. The van der Waals surface area contributed by atoms with Gasteiger partial charge in [0.15, 0.2) is 0 Å². The molecule has 0 radical (unpaired) electrons. The van der Waals surface area contributed by atoms with E-state index >= 15 is 0 Å². The molecular formula is C21H25F3O2. The molecule has 0 saturated heterocycles. The van der Waals surface area contributed by atoms with Gasteiger partial charge >= 0.3 is 6.18 Å². The summed E-state index contributed by atoms with van der Waals surface area (Å²) in [6.45, 7) is 2.13. The summed E-state index contributed by atoms with van der Waals surface area (Å²) in [4.78, 5) is 0. The van der Waals surface area contributed by atoms with Crippen LogP contribution in [-0.2, 0) is 12.6 Å². The standard InChI is InChI=1S/C21H25F3O2/c1-2-14-3-7-17(8-4-14)26-19-10-6-16-13-15(11-12-25)5-9-18(16)20(19)21(22,23)24/h5-6,9-10,13-14,17,25H,2-4,7-8,11-12H2,1H3/t14-,17+. The third kappa shape index (κ3) is 4.14. The summed E-state index contributed by atoms with van der Waals surface area (Å²) >= 11 is 0. The topological polar surface area (TPSA) is 29.5 Å². The lowest BCUT2D eigenvalue weighted by Crippen LogP contribution is -2.25. The summed E-state index contributed by atoms with van der Waals surface area (Å²) in [6, 6.07) is 7.96. The highest BCUT2D eigenvalue weighted by Gasteiger charge is 2.37. The van der Waals surface area contributed by atoms with Gasteiger partial charge in [-0.25, -0.2) is 0 Å². The van der Waals surface area contributed by atoms with Crippen molar-refractivity contribution >= 4 is 10.8 Å².